The van der Waals surface area contributed by atoms with Gasteiger partial charge in [0.15, 0.2) is 5.11 Å². The molecule has 1 aliphatic rings. The van der Waals surface area contributed by atoms with Gasteiger partial charge in [-0.25, -0.2) is 0 Å². The molecule has 0 bridgehead atoms. The SMILES string of the molecule is Cc1ccc(C(=O)NC(=S)Nc2cc(C(=O)NC3CCN(C)CC3)cn2C(C)(C)C)cc1. The molecule has 7 nitrogen and oxygen atoms in total. The highest BCUT2D eigenvalue weighted by Gasteiger charge is 2.24. The first-order valence-corrected chi connectivity index (χ1v) is 11.3. The second kappa shape index (κ2) is 9.83. The number of anilines is 1. The van der Waals surface area contributed by atoms with Gasteiger partial charge in [0.05, 0.1) is 5.56 Å². The molecule has 2 amide bonds. The molecule has 0 spiro atoms. The molecule has 2 heterocycles. The van der Waals surface area contributed by atoms with Gasteiger partial charge < -0.3 is 20.1 Å². The largest absolute Gasteiger partial charge is 0.349 e. The third kappa shape index (κ3) is 6.17. The maximum absolute atomic E-state index is 12.9. The number of thiocarbonyl (C=S) groups is 1. The summed E-state index contributed by atoms with van der Waals surface area (Å²) in [5, 5.41) is 9.14. The zero-order valence-electron chi connectivity index (χ0n) is 19.5. The van der Waals surface area contributed by atoms with Crippen LogP contribution >= 0.6 is 12.2 Å². The first-order valence-electron chi connectivity index (χ1n) is 10.9. The number of nitrogens with one attached hydrogen (secondary N) is 3. The van der Waals surface area contributed by atoms with E-state index in [1.807, 2.05) is 50.6 Å². The van der Waals surface area contributed by atoms with Crippen molar-refractivity contribution in [1.82, 2.24) is 20.1 Å². The molecular formula is C24H33N5O2S. The smallest absolute Gasteiger partial charge is 0.257 e. The monoisotopic (exact) mass is 455 g/mol. The lowest BCUT2D eigenvalue weighted by Gasteiger charge is -2.29. The summed E-state index contributed by atoms with van der Waals surface area (Å²) < 4.78 is 1.96. The van der Waals surface area contributed by atoms with Crippen molar-refractivity contribution in [1.29, 1.82) is 0 Å². The zero-order valence-corrected chi connectivity index (χ0v) is 20.3. The topological polar surface area (TPSA) is 78.4 Å². The number of rotatable bonds is 4. The Kier molecular flexibility index (Phi) is 7.36. The lowest BCUT2D eigenvalue weighted by Crippen LogP contribution is -2.43. The van der Waals surface area contributed by atoms with E-state index in [1.165, 1.54) is 0 Å². The number of nitrogens with zero attached hydrogens (tertiary/aromatic N) is 2. The van der Waals surface area contributed by atoms with Gasteiger partial charge in [-0.2, -0.15) is 0 Å². The number of hydrogen-bond acceptors (Lipinski definition) is 4. The van der Waals surface area contributed by atoms with E-state index in [9.17, 15) is 9.59 Å². The third-order valence-electron chi connectivity index (χ3n) is 5.64. The molecule has 1 aromatic heterocycles. The van der Waals surface area contributed by atoms with Crippen LogP contribution in [0.25, 0.3) is 0 Å². The highest BCUT2D eigenvalue weighted by molar-refractivity contribution is 7.80. The fourth-order valence-corrected chi connectivity index (χ4v) is 3.88. The summed E-state index contributed by atoms with van der Waals surface area (Å²) in [5.74, 6) is 0.275. The Morgan fingerprint density at radius 1 is 1.03 bits per heavy atom. The first kappa shape index (κ1) is 23.9. The van der Waals surface area contributed by atoms with E-state index in [0.717, 1.165) is 31.5 Å². The van der Waals surface area contributed by atoms with Crippen molar-refractivity contribution in [3.05, 3.63) is 53.2 Å². The quantitative estimate of drug-likeness (QED) is 0.615. The van der Waals surface area contributed by atoms with Crippen LogP contribution < -0.4 is 16.0 Å². The number of amides is 2. The molecule has 2 aromatic rings. The van der Waals surface area contributed by atoms with Crippen LogP contribution in [0.1, 0.15) is 59.9 Å². The molecule has 1 saturated heterocycles. The highest BCUT2D eigenvalue weighted by atomic mass is 32.1. The number of carbonyl (C=O) groups excluding carboxylic acids is 2. The van der Waals surface area contributed by atoms with Gasteiger partial charge >= 0.3 is 0 Å². The van der Waals surface area contributed by atoms with Crippen LogP contribution in [0.2, 0.25) is 0 Å². The molecule has 1 fully saturated rings. The van der Waals surface area contributed by atoms with Crippen LogP contribution in [0.15, 0.2) is 36.5 Å². The van der Waals surface area contributed by atoms with Crippen molar-refractivity contribution < 1.29 is 9.59 Å². The highest BCUT2D eigenvalue weighted by Crippen LogP contribution is 2.24. The number of aryl methyl sites for hydroxylation is 1. The van der Waals surface area contributed by atoms with Gasteiger partial charge in [0.25, 0.3) is 11.8 Å². The van der Waals surface area contributed by atoms with Gasteiger partial charge in [0.2, 0.25) is 0 Å². The molecule has 0 aliphatic carbocycles. The first-order chi connectivity index (χ1) is 15.0. The van der Waals surface area contributed by atoms with Crippen LogP contribution in [0, 0.1) is 6.92 Å². The van der Waals surface area contributed by atoms with E-state index in [0.29, 0.717) is 16.9 Å². The van der Waals surface area contributed by atoms with Crippen LogP contribution in [0.5, 0.6) is 0 Å². The molecule has 32 heavy (non-hydrogen) atoms. The summed E-state index contributed by atoms with van der Waals surface area (Å²) >= 11 is 5.38. The Morgan fingerprint density at radius 2 is 1.66 bits per heavy atom. The maximum Gasteiger partial charge on any atom is 0.257 e. The number of aromatic nitrogens is 1. The number of likely N-dealkylation sites (tertiary alicyclic amines) is 1. The van der Waals surface area contributed by atoms with Gasteiger partial charge in [-0.1, -0.05) is 17.7 Å². The lowest BCUT2D eigenvalue weighted by molar-refractivity contribution is 0.0915. The second-order valence-corrected chi connectivity index (χ2v) is 9.89. The third-order valence-corrected chi connectivity index (χ3v) is 5.85. The van der Waals surface area contributed by atoms with Gasteiger partial charge in [0, 0.05) is 23.3 Å². The molecule has 0 saturated carbocycles. The van der Waals surface area contributed by atoms with E-state index in [2.05, 4.69) is 27.9 Å². The molecule has 8 heteroatoms. The Hall–Kier alpha value is -2.71. The minimum atomic E-state index is -0.287. The van der Waals surface area contributed by atoms with Crippen molar-refractivity contribution in [3.63, 3.8) is 0 Å². The molecular weight excluding hydrogens is 422 g/mol. The normalized spacial score (nSPS) is 15.3. The molecule has 0 radical (unpaired) electrons. The molecule has 3 rings (SSSR count). The summed E-state index contributed by atoms with van der Waals surface area (Å²) in [6.45, 7) is 10.1. The van der Waals surface area contributed by atoms with Crippen LogP contribution in [-0.4, -0.2) is 52.6 Å². The average molecular weight is 456 g/mol. The average Bonchev–Trinajstić information content (AvgIpc) is 3.14. The van der Waals surface area contributed by atoms with Gasteiger partial charge in [-0.3, -0.25) is 14.9 Å². The Balaban J connectivity index is 1.70. The van der Waals surface area contributed by atoms with Crippen molar-refractivity contribution in [2.75, 3.05) is 25.5 Å². The number of benzene rings is 1. The van der Waals surface area contributed by atoms with E-state index < -0.39 is 0 Å². The molecule has 1 aromatic carbocycles. The van der Waals surface area contributed by atoms with Crippen molar-refractivity contribution in [2.45, 2.75) is 52.1 Å². The second-order valence-electron chi connectivity index (χ2n) is 9.48. The van der Waals surface area contributed by atoms with Crippen molar-refractivity contribution in [2.24, 2.45) is 0 Å². The lowest BCUT2D eigenvalue weighted by atomic mass is 10.1. The fraction of sp³-hybridized carbons (Fsp3) is 0.458. The summed E-state index contributed by atoms with van der Waals surface area (Å²) in [5.41, 5.74) is 1.89. The number of piperidine rings is 1. The van der Waals surface area contributed by atoms with Gasteiger partial charge in [-0.15, -0.1) is 0 Å². The van der Waals surface area contributed by atoms with Crippen LogP contribution in [-0.2, 0) is 5.54 Å². The fourth-order valence-electron chi connectivity index (χ4n) is 3.69. The summed E-state index contributed by atoms with van der Waals surface area (Å²) in [6.07, 6.45) is 3.72. The Bertz CT molecular complexity index is 983. The van der Waals surface area contributed by atoms with Crippen LogP contribution in [0.4, 0.5) is 5.82 Å². The standard InChI is InChI=1S/C24H33N5O2S/c1-16-6-8-17(9-7-16)21(30)27-23(32)26-20-14-18(15-29(20)24(2,3)4)22(31)25-19-10-12-28(5)13-11-19/h6-9,14-15,19H,10-13H2,1-5H3,(H,25,31)(H2,26,27,30,32). The number of carbonyl (C=O) groups is 2. The van der Waals surface area contributed by atoms with Crippen molar-refractivity contribution in [3.8, 4) is 0 Å². The molecule has 0 atom stereocenters. The van der Waals surface area contributed by atoms with Gasteiger partial charge in [0.1, 0.15) is 5.82 Å². The predicted molar refractivity (Wildman–Crippen MR) is 132 cm³/mol. The summed E-state index contributed by atoms with van der Waals surface area (Å²) in [7, 11) is 2.10. The zero-order chi connectivity index (χ0) is 23.5. The van der Waals surface area contributed by atoms with E-state index in [1.54, 1.807) is 18.2 Å². The molecule has 172 valence electrons. The Morgan fingerprint density at radius 3 is 2.25 bits per heavy atom. The maximum atomic E-state index is 12.9. The Labute approximate surface area is 195 Å². The van der Waals surface area contributed by atoms with E-state index >= 15 is 0 Å². The molecule has 3 N–H and O–H groups in total. The number of hydrogen-bond donors (Lipinski definition) is 3. The summed E-state index contributed by atoms with van der Waals surface area (Å²) in [4.78, 5) is 27.6. The minimum Gasteiger partial charge on any atom is -0.349 e. The van der Waals surface area contributed by atoms with Crippen molar-refractivity contribution >= 4 is 35.0 Å². The van der Waals surface area contributed by atoms with E-state index in [-0.39, 0.29) is 28.5 Å². The minimum absolute atomic E-state index is 0.0970. The van der Waals surface area contributed by atoms with Gasteiger partial charge in [-0.05, 0) is 91.1 Å². The van der Waals surface area contributed by atoms with Crippen LogP contribution in [0.3, 0.4) is 0 Å². The predicted octanol–water partition coefficient (Wildman–Crippen LogP) is 3.50. The van der Waals surface area contributed by atoms with E-state index in [4.69, 9.17) is 12.2 Å². The molecule has 0 unspecified atom stereocenters. The molecule has 1 aliphatic heterocycles. The summed E-state index contributed by atoms with van der Waals surface area (Å²) in [6, 6.07) is 9.24.